The molecule has 0 unspecified atom stereocenters. The van der Waals surface area contributed by atoms with Crippen LogP contribution >= 0.6 is 0 Å². The lowest BCUT2D eigenvalue weighted by molar-refractivity contribution is 0.0903. The molecule has 1 saturated heterocycles. The van der Waals surface area contributed by atoms with Gasteiger partial charge in [0, 0.05) is 19.1 Å². The van der Waals surface area contributed by atoms with Crippen LogP contribution in [0.3, 0.4) is 0 Å². The van der Waals surface area contributed by atoms with E-state index in [1.54, 1.807) is 16.8 Å². The fourth-order valence-electron chi connectivity index (χ4n) is 4.02. The molecule has 166 valence electrons. The molecule has 0 spiro atoms. The summed E-state index contributed by atoms with van der Waals surface area (Å²) in [5.74, 6) is 1.38. The molecule has 0 radical (unpaired) electrons. The molecule has 10 heteroatoms. The summed E-state index contributed by atoms with van der Waals surface area (Å²) >= 11 is 0. The number of carbonyl (C=O) groups is 1. The first-order chi connectivity index (χ1) is 15.7. The Bertz CT molecular complexity index is 1110. The third-order valence-electron chi connectivity index (χ3n) is 5.78. The van der Waals surface area contributed by atoms with E-state index in [0.717, 1.165) is 48.8 Å². The zero-order valence-electron chi connectivity index (χ0n) is 17.4. The SMILES string of the molecule is O=C(NC1CCN(Cc2nnnn2Cc2ccc3c(c2)OCO3)CC1)c1ccccc1F. The van der Waals surface area contributed by atoms with Gasteiger partial charge in [-0.25, -0.2) is 9.07 Å². The van der Waals surface area contributed by atoms with Crippen molar-refractivity contribution >= 4 is 5.91 Å². The van der Waals surface area contributed by atoms with E-state index in [0.29, 0.717) is 13.1 Å². The lowest BCUT2D eigenvalue weighted by Crippen LogP contribution is -2.44. The summed E-state index contributed by atoms with van der Waals surface area (Å²) in [5.41, 5.74) is 1.11. The Kier molecular flexibility index (Phi) is 5.68. The Hall–Kier alpha value is -3.53. The first-order valence-corrected chi connectivity index (χ1v) is 10.6. The number of hydrogen-bond acceptors (Lipinski definition) is 7. The van der Waals surface area contributed by atoms with Crippen molar-refractivity contribution in [3.63, 3.8) is 0 Å². The number of benzene rings is 2. The van der Waals surface area contributed by atoms with E-state index in [-0.39, 0.29) is 24.3 Å². The molecule has 0 saturated carbocycles. The molecule has 1 amide bonds. The van der Waals surface area contributed by atoms with Gasteiger partial charge in [-0.1, -0.05) is 18.2 Å². The summed E-state index contributed by atoms with van der Waals surface area (Å²) in [6.45, 7) is 2.98. The van der Waals surface area contributed by atoms with Gasteiger partial charge in [0.1, 0.15) is 5.82 Å². The molecule has 2 aliphatic heterocycles. The Morgan fingerprint density at radius 2 is 1.91 bits per heavy atom. The number of nitrogens with zero attached hydrogens (tertiary/aromatic N) is 5. The van der Waals surface area contributed by atoms with Gasteiger partial charge in [0.2, 0.25) is 6.79 Å². The highest BCUT2D eigenvalue weighted by Crippen LogP contribution is 2.32. The van der Waals surface area contributed by atoms with Crippen LogP contribution < -0.4 is 14.8 Å². The van der Waals surface area contributed by atoms with Crippen LogP contribution in [0.4, 0.5) is 4.39 Å². The minimum absolute atomic E-state index is 0.0167. The lowest BCUT2D eigenvalue weighted by atomic mass is 10.0. The van der Waals surface area contributed by atoms with Gasteiger partial charge in [-0.05, 0) is 53.1 Å². The molecule has 9 nitrogen and oxygen atoms in total. The number of ether oxygens (including phenoxy) is 2. The Labute approximate surface area is 184 Å². The topological polar surface area (TPSA) is 94.4 Å². The van der Waals surface area contributed by atoms with Gasteiger partial charge in [-0.2, -0.15) is 0 Å². The molecule has 1 N–H and O–H groups in total. The van der Waals surface area contributed by atoms with Gasteiger partial charge in [0.05, 0.1) is 18.7 Å². The number of halogens is 1. The van der Waals surface area contributed by atoms with Crippen molar-refractivity contribution in [1.29, 1.82) is 0 Å². The minimum Gasteiger partial charge on any atom is -0.454 e. The van der Waals surface area contributed by atoms with Gasteiger partial charge in [0.15, 0.2) is 17.3 Å². The molecule has 3 aromatic rings. The first-order valence-electron chi connectivity index (χ1n) is 10.6. The average molecular weight is 438 g/mol. The van der Waals surface area contributed by atoms with Crippen molar-refractivity contribution < 1.29 is 18.7 Å². The molecular weight excluding hydrogens is 415 g/mol. The second-order valence-electron chi connectivity index (χ2n) is 7.94. The maximum atomic E-state index is 13.8. The van der Waals surface area contributed by atoms with Crippen LogP contribution in [0.2, 0.25) is 0 Å². The summed E-state index contributed by atoms with van der Waals surface area (Å²) in [6, 6.07) is 11.9. The summed E-state index contributed by atoms with van der Waals surface area (Å²) < 4.78 is 26.4. The van der Waals surface area contributed by atoms with Crippen molar-refractivity contribution in [2.75, 3.05) is 19.9 Å². The van der Waals surface area contributed by atoms with Gasteiger partial charge in [-0.15, -0.1) is 5.10 Å². The van der Waals surface area contributed by atoms with Gasteiger partial charge in [0.25, 0.3) is 5.91 Å². The number of aromatic nitrogens is 4. The van der Waals surface area contributed by atoms with Crippen LogP contribution in [-0.4, -0.2) is 56.9 Å². The number of rotatable bonds is 6. The van der Waals surface area contributed by atoms with Crippen molar-refractivity contribution in [3.8, 4) is 11.5 Å². The van der Waals surface area contributed by atoms with Crippen LogP contribution in [-0.2, 0) is 13.1 Å². The highest BCUT2D eigenvalue weighted by atomic mass is 19.1. The monoisotopic (exact) mass is 438 g/mol. The van der Waals surface area contributed by atoms with Gasteiger partial charge < -0.3 is 14.8 Å². The smallest absolute Gasteiger partial charge is 0.254 e. The fraction of sp³-hybridized carbons (Fsp3) is 0.364. The van der Waals surface area contributed by atoms with Crippen LogP contribution in [0.25, 0.3) is 0 Å². The fourth-order valence-corrected chi connectivity index (χ4v) is 4.02. The molecule has 0 bridgehead atoms. The van der Waals surface area contributed by atoms with E-state index in [4.69, 9.17) is 9.47 Å². The maximum absolute atomic E-state index is 13.8. The number of fused-ring (bicyclic) bond motifs is 1. The summed E-state index contributed by atoms with van der Waals surface area (Å²) in [7, 11) is 0. The van der Waals surface area contributed by atoms with Gasteiger partial charge in [-0.3, -0.25) is 9.69 Å². The molecule has 0 aliphatic carbocycles. The normalized spacial score (nSPS) is 16.3. The number of likely N-dealkylation sites (tertiary alicyclic amines) is 1. The number of carbonyl (C=O) groups excluding carboxylic acids is 1. The second kappa shape index (κ2) is 8.91. The largest absolute Gasteiger partial charge is 0.454 e. The molecule has 2 aromatic carbocycles. The maximum Gasteiger partial charge on any atom is 0.254 e. The van der Waals surface area contributed by atoms with E-state index in [2.05, 4.69) is 25.7 Å². The molecule has 5 rings (SSSR count). The quantitative estimate of drug-likeness (QED) is 0.629. The van der Waals surface area contributed by atoms with E-state index >= 15 is 0 Å². The third-order valence-corrected chi connectivity index (χ3v) is 5.78. The van der Waals surface area contributed by atoms with Crippen LogP contribution in [0.1, 0.15) is 34.6 Å². The molecular formula is C22H23FN6O3. The van der Waals surface area contributed by atoms with E-state index in [9.17, 15) is 9.18 Å². The predicted octanol–water partition coefficient (Wildman–Crippen LogP) is 1.98. The summed E-state index contributed by atoms with van der Waals surface area (Å²) in [6.07, 6.45) is 1.56. The van der Waals surface area contributed by atoms with Crippen LogP contribution in [0.15, 0.2) is 42.5 Å². The summed E-state index contributed by atoms with van der Waals surface area (Å²) in [4.78, 5) is 14.6. The third kappa shape index (κ3) is 4.40. The Morgan fingerprint density at radius 1 is 1.09 bits per heavy atom. The van der Waals surface area contributed by atoms with E-state index in [1.807, 2.05) is 18.2 Å². The van der Waals surface area contributed by atoms with Crippen LogP contribution in [0.5, 0.6) is 11.5 Å². The van der Waals surface area contributed by atoms with Crippen molar-refractivity contribution in [2.24, 2.45) is 0 Å². The van der Waals surface area contributed by atoms with Crippen molar-refractivity contribution in [2.45, 2.75) is 32.0 Å². The Morgan fingerprint density at radius 3 is 2.75 bits per heavy atom. The first kappa shape index (κ1) is 20.4. The minimum atomic E-state index is -0.503. The number of hydrogen-bond donors (Lipinski definition) is 1. The molecule has 0 atom stereocenters. The zero-order valence-corrected chi connectivity index (χ0v) is 17.4. The Balaban J connectivity index is 1.15. The average Bonchev–Trinajstić information content (AvgIpc) is 3.44. The molecule has 32 heavy (non-hydrogen) atoms. The number of tetrazole rings is 1. The van der Waals surface area contributed by atoms with Crippen molar-refractivity contribution in [1.82, 2.24) is 30.4 Å². The molecule has 1 fully saturated rings. The highest BCUT2D eigenvalue weighted by Gasteiger charge is 2.24. The zero-order chi connectivity index (χ0) is 21.9. The number of nitrogens with one attached hydrogen (secondary N) is 1. The number of piperidine rings is 1. The summed E-state index contributed by atoms with van der Waals surface area (Å²) in [5, 5.41) is 15.1. The molecule has 3 heterocycles. The molecule has 2 aliphatic rings. The van der Waals surface area contributed by atoms with Crippen LogP contribution in [0, 0.1) is 5.82 Å². The predicted molar refractivity (Wildman–Crippen MR) is 112 cm³/mol. The second-order valence-corrected chi connectivity index (χ2v) is 7.94. The van der Waals surface area contributed by atoms with Crippen molar-refractivity contribution in [3.05, 3.63) is 65.2 Å². The lowest BCUT2D eigenvalue weighted by Gasteiger charge is -2.31. The molecule has 1 aromatic heterocycles. The van der Waals surface area contributed by atoms with Gasteiger partial charge >= 0.3 is 0 Å². The van der Waals surface area contributed by atoms with E-state index in [1.165, 1.54) is 12.1 Å². The van der Waals surface area contributed by atoms with E-state index < -0.39 is 5.82 Å². The highest BCUT2D eigenvalue weighted by molar-refractivity contribution is 5.94. The standard InChI is InChI=1S/C22H23FN6O3/c23-18-4-2-1-3-17(18)22(30)24-16-7-9-28(10-8-16)13-21-25-26-27-29(21)12-15-5-6-19-20(11-15)32-14-31-19/h1-6,11,16H,7-10,12-14H2,(H,24,30). The number of amides is 1.